The van der Waals surface area contributed by atoms with Gasteiger partial charge in [-0.1, -0.05) is 36.9 Å². The average molecular weight is 220 g/mol. The zero-order valence-corrected chi connectivity index (χ0v) is 10.1. The van der Waals surface area contributed by atoms with Gasteiger partial charge < -0.3 is 0 Å². The van der Waals surface area contributed by atoms with E-state index in [1.54, 1.807) is 6.92 Å². The summed E-state index contributed by atoms with van der Waals surface area (Å²) < 4.78 is 0.162. The summed E-state index contributed by atoms with van der Waals surface area (Å²) in [5.41, 5.74) is 1.54. The Morgan fingerprint density at radius 2 is 1.88 bits per heavy atom. The first-order valence-corrected chi connectivity index (χ1v) is 5.17. The quantitative estimate of drug-likeness (QED) is 0.442. The minimum absolute atomic E-state index is 0.162. The fourth-order valence-electron chi connectivity index (χ4n) is 1.36. The smallest absolute Gasteiger partial charge is 0.272 e. The molecule has 16 heavy (non-hydrogen) atoms. The van der Waals surface area contributed by atoms with E-state index in [9.17, 15) is 4.79 Å². The van der Waals surface area contributed by atoms with Gasteiger partial charge in [0.05, 0.1) is 0 Å². The van der Waals surface area contributed by atoms with Crippen LogP contribution in [0.3, 0.4) is 0 Å². The summed E-state index contributed by atoms with van der Waals surface area (Å²) in [6.07, 6.45) is 0. The number of carbonyl (C=O) groups is 1. The first-order valence-electron chi connectivity index (χ1n) is 5.17. The maximum absolute atomic E-state index is 11.4. The Kier molecular flexibility index (Phi) is 3.85. The molecule has 3 nitrogen and oxygen atoms in total. The van der Waals surface area contributed by atoms with Crippen LogP contribution in [0.25, 0.3) is 0 Å². The predicted octanol–water partition coefficient (Wildman–Crippen LogP) is 2.30. The van der Waals surface area contributed by atoms with E-state index in [0.717, 1.165) is 5.56 Å². The number of hydrogen-bond donors (Lipinski definition) is 0. The third kappa shape index (κ3) is 3.87. The molecule has 0 bridgehead atoms. The van der Waals surface area contributed by atoms with E-state index in [2.05, 4.69) is 6.58 Å². The number of hydroxylamine groups is 3. The lowest BCUT2D eigenvalue weighted by Crippen LogP contribution is -2.41. The summed E-state index contributed by atoms with van der Waals surface area (Å²) in [7, 11) is 3.68. The van der Waals surface area contributed by atoms with E-state index in [4.69, 9.17) is 4.84 Å². The lowest BCUT2D eigenvalue weighted by Gasteiger charge is -2.26. The summed E-state index contributed by atoms with van der Waals surface area (Å²) in [4.78, 5) is 16.7. The van der Waals surface area contributed by atoms with Gasteiger partial charge in [0, 0.05) is 11.1 Å². The summed E-state index contributed by atoms with van der Waals surface area (Å²) in [6, 6.07) is 9.92. The molecule has 3 heteroatoms. The molecule has 0 N–H and O–H groups in total. The van der Waals surface area contributed by atoms with Crippen molar-refractivity contribution in [1.82, 2.24) is 0 Å². The highest BCUT2D eigenvalue weighted by atomic mass is 16.7. The van der Waals surface area contributed by atoms with Crippen LogP contribution in [-0.4, -0.2) is 24.7 Å². The molecule has 0 atom stereocenters. The fourth-order valence-corrected chi connectivity index (χ4v) is 1.36. The standard InChI is InChI=1S/C13H18NO2/c1-11(2)13(15)16-14(3,4)10-12-8-6-5-7-9-12/h5-9H,1,10H2,2-4H3/q+1. The normalized spacial score (nSPS) is 10.9. The van der Waals surface area contributed by atoms with Crippen LogP contribution < -0.4 is 0 Å². The first kappa shape index (κ1) is 12.5. The topological polar surface area (TPSA) is 26.3 Å². The van der Waals surface area contributed by atoms with E-state index in [-0.39, 0.29) is 10.6 Å². The molecule has 0 aliphatic heterocycles. The fraction of sp³-hybridized carbons (Fsp3) is 0.308. The highest BCUT2D eigenvalue weighted by Gasteiger charge is 2.22. The molecule has 0 aliphatic carbocycles. The van der Waals surface area contributed by atoms with Crippen LogP contribution in [0.1, 0.15) is 12.5 Å². The summed E-state index contributed by atoms with van der Waals surface area (Å²) >= 11 is 0. The Labute approximate surface area is 96.5 Å². The van der Waals surface area contributed by atoms with Crippen molar-refractivity contribution < 1.29 is 14.3 Å². The number of rotatable bonds is 4. The molecule has 86 valence electrons. The van der Waals surface area contributed by atoms with Crippen LogP contribution in [0.2, 0.25) is 0 Å². The maximum atomic E-state index is 11.4. The summed E-state index contributed by atoms with van der Waals surface area (Å²) in [5.74, 6) is -0.360. The molecule has 1 aromatic carbocycles. The minimum atomic E-state index is -0.360. The van der Waals surface area contributed by atoms with Gasteiger partial charge in [-0.2, -0.15) is 0 Å². The van der Waals surface area contributed by atoms with Crippen LogP contribution in [0.15, 0.2) is 42.5 Å². The first-order chi connectivity index (χ1) is 7.41. The molecule has 1 aromatic rings. The van der Waals surface area contributed by atoms with Crippen molar-refractivity contribution >= 4 is 5.97 Å². The highest BCUT2D eigenvalue weighted by Crippen LogP contribution is 2.11. The Bertz CT molecular complexity index is 382. The van der Waals surface area contributed by atoms with Gasteiger partial charge >= 0.3 is 5.97 Å². The zero-order valence-electron chi connectivity index (χ0n) is 10.1. The van der Waals surface area contributed by atoms with Gasteiger partial charge in [-0.25, -0.2) is 4.79 Å². The van der Waals surface area contributed by atoms with Crippen molar-refractivity contribution in [2.45, 2.75) is 13.5 Å². The molecule has 0 spiro atoms. The van der Waals surface area contributed by atoms with Crippen molar-refractivity contribution in [2.75, 3.05) is 14.1 Å². The molecule has 0 aromatic heterocycles. The lowest BCUT2D eigenvalue weighted by atomic mass is 10.2. The second-order valence-corrected chi connectivity index (χ2v) is 4.38. The van der Waals surface area contributed by atoms with Crippen molar-refractivity contribution in [2.24, 2.45) is 0 Å². The average Bonchev–Trinajstić information content (AvgIpc) is 2.17. The van der Waals surface area contributed by atoms with E-state index >= 15 is 0 Å². The van der Waals surface area contributed by atoms with Crippen molar-refractivity contribution in [1.29, 1.82) is 0 Å². The van der Waals surface area contributed by atoms with Crippen LogP contribution in [0.4, 0.5) is 0 Å². The molecule has 0 saturated carbocycles. The highest BCUT2D eigenvalue weighted by molar-refractivity contribution is 5.86. The molecule has 0 radical (unpaired) electrons. The van der Waals surface area contributed by atoms with Crippen LogP contribution >= 0.6 is 0 Å². The van der Waals surface area contributed by atoms with Crippen molar-refractivity contribution in [3.8, 4) is 0 Å². The molecule has 0 fully saturated rings. The van der Waals surface area contributed by atoms with Gasteiger partial charge in [-0.15, -0.1) is 4.65 Å². The Balaban J connectivity index is 2.65. The number of quaternary nitrogens is 1. The van der Waals surface area contributed by atoms with Gasteiger partial charge in [0.15, 0.2) is 0 Å². The zero-order chi connectivity index (χ0) is 12.2. The van der Waals surface area contributed by atoms with Crippen LogP contribution in [-0.2, 0) is 16.2 Å². The second-order valence-electron chi connectivity index (χ2n) is 4.38. The van der Waals surface area contributed by atoms with Crippen LogP contribution in [0, 0.1) is 0 Å². The molecular weight excluding hydrogens is 202 g/mol. The van der Waals surface area contributed by atoms with Crippen LogP contribution in [0.5, 0.6) is 0 Å². The van der Waals surface area contributed by atoms with Crippen molar-refractivity contribution in [3.63, 3.8) is 0 Å². The predicted molar refractivity (Wildman–Crippen MR) is 63.2 cm³/mol. The second kappa shape index (κ2) is 4.94. The van der Waals surface area contributed by atoms with Gasteiger partial charge in [-0.3, -0.25) is 4.84 Å². The number of carbonyl (C=O) groups excluding carboxylic acids is 1. The number of nitrogens with zero attached hydrogens (tertiary/aromatic N) is 1. The third-order valence-corrected chi connectivity index (χ3v) is 2.08. The Morgan fingerprint density at radius 1 is 1.31 bits per heavy atom. The molecular formula is C13H18NO2+. The third-order valence-electron chi connectivity index (χ3n) is 2.08. The summed E-state index contributed by atoms with van der Waals surface area (Å²) in [6.45, 7) is 5.84. The van der Waals surface area contributed by atoms with Crippen molar-refractivity contribution in [3.05, 3.63) is 48.0 Å². The monoisotopic (exact) mass is 220 g/mol. The van der Waals surface area contributed by atoms with E-state index in [1.165, 1.54) is 0 Å². The lowest BCUT2D eigenvalue weighted by molar-refractivity contribution is -1.07. The molecule has 0 aliphatic rings. The van der Waals surface area contributed by atoms with Gasteiger partial charge in [-0.05, 0) is 6.92 Å². The van der Waals surface area contributed by atoms with Gasteiger partial charge in [0.2, 0.25) is 0 Å². The summed E-state index contributed by atoms with van der Waals surface area (Å²) in [5, 5.41) is 0. The van der Waals surface area contributed by atoms with Gasteiger partial charge in [0.1, 0.15) is 20.6 Å². The van der Waals surface area contributed by atoms with E-state index in [0.29, 0.717) is 12.1 Å². The number of hydrogen-bond acceptors (Lipinski definition) is 2. The Morgan fingerprint density at radius 3 is 2.38 bits per heavy atom. The molecule has 0 unspecified atom stereocenters. The minimum Gasteiger partial charge on any atom is -0.272 e. The Hall–Kier alpha value is -1.61. The maximum Gasteiger partial charge on any atom is 0.392 e. The molecule has 0 saturated heterocycles. The largest absolute Gasteiger partial charge is 0.392 e. The molecule has 1 rings (SSSR count). The van der Waals surface area contributed by atoms with E-state index in [1.807, 2.05) is 44.4 Å². The van der Waals surface area contributed by atoms with Gasteiger partial charge in [0.25, 0.3) is 0 Å². The number of benzene rings is 1. The molecule has 0 amide bonds. The molecule has 0 heterocycles. The SMILES string of the molecule is C=C(C)C(=O)O[N+](C)(C)Cc1ccccc1. The van der Waals surface area contributed by atoms with E-state index < -0.39 is 0 Å².